The van der Waals surface area contributed by atoms with Crippen molar-refractivity contribution in [3.8, 4) is 11.1 Å². The Hall–Kier alpha value is -2.50. The molecule has 114 valence electrons. The van der Waals surface area contributed by atoms with E-state index >= 15 is 0 Å². The molecule has 5 heteroatoms. The zero-order chi connectivity index (χ0) is 16.0. The average Bonchev–Trinajstić information content (AvgIpc) is 2.94. The van der Waals surface area contributed by atoms with Crippen molar-refractivity contribution in [3.05, 3.63) is 64.4 Å². The molecule has 0 unspecified atom stereocenters. The summed E-state index contributed by atoms with van der Waals surface area (Å²) in [6, 6.07) is 15.9. The van der Waals surface area contributed by atoms with E-state index in [1.165, 1.54) is 11.9 Å². The first-order valence-electron chi connectivity index (χ1n) is 7.29. The van der Waals surface area contributed by atoms with Gasteiger partial charge in [-0.3, -0.25) is 9.93 Å². The fourth-order valence-electron chi connectivity index (χ4n) is 3.05. The van der Waals surface area contributed by atoms with E-state index in [-0.39, 0.29) is 5.56 Å². The predicted octanol–water partition coefficient (Wildman–Crippen LogP) is 3.95. The van der Waals surface area contributed by atoms with Gasteiger partial charge in [-0.05, 0) is 42.6 Å². The highest BCUT2D eigenvalue weighted by Gasteiger charge is 2.15. The van der Waals surface area contributed by atoms with E-state index in [4.69, 9.17) is 5.14 Å². The minimum atomic E-state index is -0.0666. The summed E-state index contributed by atoms with van der Waals surface area (Å²) < 4.78 is 0. The molecule has 0 aliphatic heterocycles. The Morgan fingerprint density at radius 1 is 1.00 bits per heavy atom. The van der Waals surface area contributed by atoms with Crippen LogP contribution in [0.25, 0.3) is 33.1 Å². The first kappa shape index (κ1) is 14.1. The van der Waals surface area contributed by atoms with E-state index < -0.39 is 0 Å². The molecule has 2 heterocycles. The second kappa shape index (κ2) is 5.30. The van der Waals surface area contributed by atoms with Gasteiger partial charge < -0.3 is 9.97 Å². The van der Waals surface area contributed by atoms with E-state index in [2.05, 4.69) is 9.97 Å². The number of pyridine rings is 1. The number of aromatic amines is 2. The molecule has 0 saturated heterocycles. The van der Waals surface area contributed by atoms with Gasteiger partial charge in [0.1, 0.15) is 0 Å². The quantitative estimate of drug-likeness (QED) is 0.489. The molecule has 0 atom stereocenters. The molecule has 0 radical (unpaired) electrons. The highest BCUT2D eigenvalue weighted by atomic mass is 32.2. The Balaban J connectivity index is 2.16. The second-order valence-electron chi connectivity index (χ2n) is 5.52. The minimum absolute atomic E-state index is 0.0666. The zero-order valence-electron chi connectivity index (χ0n) is 12.5. The summed E-state index contributed by atoms with van der Waals surface area (Å²) in [5, 5.41) is 6.70. The Labute approximate surface area is 136 Å². The number of aromatic nitrogens is 2. The van der Waals surface area contributed by atoms with Crippen molar-refractivity contribution in [3.63, 3.8) is 0 Å². The number of fused-ring (bicyclic) bond motifs is 3. The second-order valence-corrected chi connectivity index (χ2v) is 6.23. The summed E-state index contributed by atoms with van der Waals surface area (Å²) in [5.74, 6) is 0. The molecule has 0 spiro atoms. The molecule has 2 aromatic carbocycles. The summed E-state index contributed by atoms with van der Waals surface area (Å²) in [7, 11) is 0. The molecule has 0 saturated carbocycles. The third-order valence-electron chi connectivity index (χ3n) is 4.17. The molecule has 0 amide bonds. The molecule has 0 aliphatic carbocycles. The predicted molar refractivity (Wildman–Crippen MR) is 96.6 cm³/mol. The van der Waals surface area contributed by atoms with E-state index in [1.54, 1.807) is 0 Å². The summed E-state index contributed by atoms with van der Waals surface area (Å²) in [5.41, 5.74) is 5.34. The summed E-state index contributed by atoms with van der Waals surface area (Å²) >= 11 is 1.20. The van der Waals surface area contributed by atoms with Crippen LogP contribution in [-0.4, -0.2) is 9.97 Å². The monoisotopic (exact) mass is 321 g/mol. The number of hydrogen-bond acceptors (Lipinski definition) is 3. The lowest BCUT2D eigenvalue weighted by Gasteiger charge is -2.08. The molecule has 0 bridgehead atoms. The number of rotatable bonds is 2. The van der Waals surface area contributed by atoms with Gasteiger partial charge in [-0.25, -0.2) is 0 Å². The van der Waals surface area contributed by atoms with E-state index in [0.29, 0.717) is 5.56 Å². The normalized spacial score (nSPS) is 11.4. The topological polar surface area (TPSA) is 74.7 Å². The van der Waals surface area contributed by atoms with Crippen molar-refractivity contribution in [1.29, 1.82) is 0 Å². The fraction of sp³-hybridized carbons (Fsp3) is 0.0556. The van der Waals surface area contributed by atoms with Gasteiger partial charge in [-0.1, -0.05) is 30.3 Å². The average molecular weight is 321 g/mol. The maximum atomic E-state index is 12.4. The fourth-order valence-corrected chi connectivity index (χ4v) is 3.41. The van der Waals surface area contributed by atoms with Gasteiger partial charge in [-0.2, -0.15) is 0 Å². The van der Waals surface area contributed by atoms with Crippen molar-refractivity contribution in [2.45, 2.75) is 11.8 Å². The molecule has 4 N–H and O–H groups in total. The molecule has 23 heavy (non-hydrogen) atoms. The summed E-state index contributed by atoms with van der Waals surface area (Å²) in [6.07, 6.45) is 0. The highest BCUT2D eigenvalue weighted by molar-refractivity contribution is 7.97. The van der Waals surface area contributed by atoms with Crippen LogP contribution in [0.3, 0.4) is 0 Å². The van der Waals surface area contributed by atoms with Crippen molar-refractivity contribution < 1.29 is 0 Å². The smallest absolute Gasteiger partial charge is 0.252 e. The van der Waals surface area contributed by atoms with Gasteiger partial charge in [0.25, 0.3) is 5.56 Å². The van der Waals surface area contributed by atoms with Crippen LogP contribution in [0.2, 0.25) is 0 Å². The van der Waals surface area contributed by atoms with Gasteiger partial charge in [0, 0.05) is 26.9 Å². The molecule has 4 nitrogen and oxygen atoms in total. The number of H-pyrrole nitrogens is 2. The first-order chi connectivity index (χ1) is 11.2. The van der Waals surface area contributed by atoms with Crippen LogP contribution in [0.15, 0.2) is 58.2 Å². The highest BCUT2D eigenvalue weighted by Crippen LogP contribution is 2.33. The molecular formula is C18H15N3OS. The molecule has 0 aliphatic rings. The Bertz CT molecular complexity index is 1090. The molecule has 2 aromatic heterocycles. The van der Waals surface area contributed by atoms with Crippen LogP contribution in [0.1, 0.15) is 5.56 Å². The van der Waals surface area contributed by atoms with E-state index in [0.717, 1.165) is 38.0 Å². The van der Waals surface area contributed by atoms with Crippen molar-refractivity contribution in [2.75, 3.05) is 0 Å². The number of nitrogens with two attached hydrogens (primary N) is 1. The van der Waals surface area contributed by atoms with Crippen LogP contribution in [0.5, 0.6) is 0 Å². The molecule has 4 rings (SSSR count). The lowest BCUT2D eigenvalue weighted by atomic mass is 10.0. The van der Waals surface area contributed by atoms with Crippen molar-refractivity contribution in [1.82, 2.24) is 9.97 Å². The number of nitrogens with one attached hydrogen (secondary N) is 2. The van der Waals surface area contributed by atoms with Gasteiger partial charge in [0.05, 0.1) is 11.0 Å². The van der Waals surface area contributed by atoms with Crippen molar-refractivity contribution in [2.24, 2.45) is 5.14 Å². The lowest BCUT2D eigenvalue weighted by Crippen LogP contribution is -2.10. The lowest BCUT2D eigenvalue weighted by molar-refractivity contribution is 1.24. The number of benzene rings is 2. The molecule has 0 fully saturated rings. The summed E-state index contributed by atoms with van der Waals surface area (Å²) in [4.78, 5) is 19.8. The van der Waals surface area contributed by atoms with Crippen LogP contribution in [0.4, 0.5) is 0 Å². The summed E-state index contributed by atoms with van der Waals surface area (Å²) in [6.45, 7) is 1.85. The van der Waals surface area contributed by atoms with Crippen LogP contribution < -0.4 is 10.7 Å². The zero-order valence-corrected chi connectivity index (χ0v) is 13.3. The molecular weight excluding hydrogens is 306 g/mol. The van der Waals surface area contributed by atoms with Crippen LogP contribution in [-0.2, 0) is 0 Å². The van der Waals surface area contributed by atoms with E-state index in [1.807, 2.05) is 55.5 Å². The van der Waals surface area contributed by atoms with Gasteiger partial charge >= 0.3 is 0 Å². The standard InChI is InChI=1S/C18H15N3OS/c1-10-15(11-5-4-6-12(9-11)23-19)17-16(21-18(10)22)13-7-2-3-8-14(13)20-17/h2-9,20H,19H2,1H3,(H,21,22). The third kappa shape index (κ3) is 2.17. The Morgan fingerprint density at radius 2 is 1.83 bits per heavy atom. The van der Waals surface area contributed by atoms with Gasteiger partial charge in [0.15, 0.2) is 0 Å². The van der Waals surface area contributed by atoms with Crippen LogP contribution in [0, 0.1) is 6.92 Å². The van der Waals surface area contributed by atoms with Gasteiger partial charge in [-0.15, -0.1) is 0 Å². The molecule has 4 aromatic rings. The minimum Gasteiger partial charge on any atom is -0.353 e. The first-order valence-corrected chi connectivity index (χ1v) is 8.17. The van der Waals surface area contributed by atoms with Gasteiger partial charge in [0.2, 0.25) is 0 Å². The maximum Gasteiger partial charge on any atom is 0.252 e. The van der Waals surface area contributed by atoms with Crippen LogP contribution >= 0.6 is 11.9 Å². The Morgan fingerprint density at radius 3 is 2.65 bits per heavy atom. The Kier molecular flexibility index (Phi) is 3.25. The third-order valence-corrected chi connectivity index (χ3v) is 4.70. The van der Waals surface area contributed by atoms with E-state index in [9.17, 15) is 4.79 Å². The largest absolute Gasteiger partial charge is 0.353 e. The number of para-hydroxylation sites is 1. The maximum absolute atomic E-state index is 12.4. The van der Waals surface area contributed by atoms with Crippen molar-refractivity contribution >= 4 is 33.9 Å². The number of hydrogen-bond donors (Lipinski definition) is 3. The SMILES string of the molecule is Cc1c(-c2cccc(SN)c2)c2[nH]c3ccccc3c2[nH]c1=O.